The van der Waals surface area contributed by atoms with Crippen molar-refractivity contribution in [3.63, 3.8) is 0 Å². The lowest BCUT2D eigenvalue weighted by molar-refractivity contribution is 0.0581. The fourth-order valence-electron chi connectivity index (χ4n) is 2.09. The van der Waals surface area contributed by atoms with Crippen LogP contribution in [0.2, 0.25) is 0 Å². The van der Waals surface area contributed by atoms with Gasteiger partial charge in [-0.15, -0.1) is 0 Å². The molecule has 1 aliphatic carbocycles. The molecule has 0 spiro atoms. The van der Waals surface area contributed by atoms with Crippen molar-refractivity contribution in [2.75, 3.05) is 6.61 Å². The molecule has 1 N–H and O–H groups in total. The van der Waals surface area contributed by atoms with Crippen LogP contribution in [0.15, 0.2) is 24.3 Å². The molecule has 0 aliphatic heterocycles. The molecule has 94 valence electrons. The second-order valence-corrected chi connectivity index (χ2v) is 4.45. The Labute approximate surface area is 102 Å². The Morgan fingerprint density at radius 2 is 2.00 bits per heavy atom. The van der Waals surface area contributed by atoms with Gasteiger partial charge >= 0.3 is 0 Å². The van der Waals surface area contributed by atoms with Crippen molar-refractivity contribution in [2.45, 2.75) is 44.8 Å². The quantitative estimate of drug-likeness (QED) is 0.854. The predicted molar refractivity (Wildman–Crippen MR) is 66.5 cm³/mol. The van der Waals surface area contributed by atoms with Crippen molar-refractivity contribution in [3.05, 3.63) is 24.3 Å². The molecule has 17 heavy (non-hydrogen) atoms. The molecule has 0 radical (unpaired) electrons. The van der Waals surface area contributed by atoms with Gasteiger partial charge in [0, 0.05) is 0 Å². The van der Waals surface area contributed by atoms with Crippen LogP contribution in [-0.4, -0.2) is 23.9 Å². The molecular weight excluding hydrogens is 216 g/mol. The molecule has 3 heteroatoms. The highest BCUT2D eigenvalue weighted by Crippen LogP contribution is 2.31. The highest BCUT2D eigenvalue weighted by Gasteiger charge is 2.27. The molecule has 0 bridgehead atoms. The summed E-state index contributed by atoms with van der Waals surface area (Å²) in [5.74, 6) is 1.51. The third-order valence-electron chi connectivity index (χ3n) is 3.01. The third-order valence-corrected chi connectivity index (χ3v) is 3.01. The topological polar surface area (TPSA) is 38.7 Å². The third kappa shape index (κ3) is 3.13. The van der Waals surface area contributed by atoms with Gasteiger partial charge in [-0.2, -0.15) is 0 Å². The molecular formula is C14H20O3. The van der Waals surface area contributed by atoms with Crippen LogP contribution in [0.3, 0.4) is 0 Å². The minimum Gasteiger partial charge on any atom is -0.490 e. The Kier molecular flexibility index (Phi) is 4.26. The summed E-state index contributed by atoms with van der Waals surface area (Å²) in [7, 11) is 0. The average Bonchev–Trinajstić information content (AvgIpc) is 2.74. The molecule has 1 aliphatic rings. The van der Waals surface area contributed by atoms with Gasteiger partial charge in [-0.25, -0.2) is 0 Å². The average molecular weight is 236 g/mol. The summed E-state index contributed by atoms with van der Waals surface area (Å²) in [6.07, 6.45) is 3.34. The molecule has 1 aromatic rings. The van der Waals surface area contributed by atoms with Crippen molar-refractivity contribution in [1.82, 2.24) is 0 Å². The van der Waals surface area contributed by atoms with Crippen molar-refractivity contribution in [3.8, 4) is 11.5 Å². The highest BCUT2D eigenvalue weighted by atomic mass is 16.5. The number of benzene rings is 1. The fraction of sp³-hybridized carbons (Fsp3) is 0.571. The number of aliphatic hydroxyl groups excluding tert-OH is 1. The maximum absolute atomic E-state index is 9.75. The summed E-state index contributed by atoms with van der Waals surface area (Å²) in [5, 5.41) is 9.75. The van der Waals surface area contributed by atoms with Crippen LogP contribution in [0, 0.1) is 0 Å². The van der Waals surface area contributed by atoms with Gasteiger partial charge in [0.2, 0.25) is 0 Å². The number of hydrogen-bond donors (Lipinski definition) is 1. The Hall–Kier alpha value is -1.22. The molecule has 0 saturated heterocycles. The van der Waals surface area contributed by atoms with Gasteiger partial charge in [-0.05, 0) is 37.8 Å². The monoisotopic (exact) mass is 236 g/mol. The Balaban J connectivity index is 2.03. The van der Waals surface area contributed by atoms with E-state index in [0.717, 1.165) is 37.2 Å². The maximum Gasteiger partial charge on any atom is 0.161 e. The first-order valence-corrected chi connectivity index (χ1v) is 6.38. The van der Waals surface area contributed by atoms with Crippen LogP contribution in [0.5, 0.6) is 11.5 Å². The van der Waals surface area contributed by atoms with E-state index in [9.17, 15) is 5.11 Å². The normalized spacial score (nSPS) is 23.6. The molecule has 2 unspecified atom stereocenters. The van der Waals surface area contributed by atoms with Gasteiger partial charge in [0.15, 0.2) is 11.5 Å². The minimum atomic E-state index is -0.339. The van der Waals surface area contributed by atoms with Crippen molar-refractivity contribution >= 4 is 0 Å². The second kappa shape index (κ2) is 5.92. The predicted octanol–water partition coefficient (Wildman–Crippen LogP) is 2.77. The zero-order valence-corrected chi connectivity index (χ0v) is 10.3. The molecule has 2 rings (SSSR count). The van der Waals surface area contributed by atoms with E-state index >= 15 is 0 Å². The van der Waals surface area contributed by atoms with E-state index in [1.807, 2.05) is 24.3 Å². The van der Waals surface area contributed by atoms with Crippen molar-refractivity contribution in [1.29, 1.82) is 0 Å². The summed E-state index contributed by atoms with van der Waals surface area (Å²) >= 11 is 0. The van der Waals surface area contributed by atoms with E-state index in [0.29, 0.717) is 6.61 Å². The van der Waals surface area contributed by atoms with Gasteiger partial charge in [-0.3, -0.25) is 0 Å². The molecule has 3 nitrogen and oxygen atoms in total. The molecule has 0 amide bonds. The number of para-hydroxylation sites is 2. The SMILES string of the molecule is CCCOc1ccccc1OC1CCCC1O. The largest absolute Gasteiger partial charge is 0.490 e. The first-order valence-electron chi connectivity index (χ1n) is 6.38. The molecule has 1 fully saturated rings. The summed E-state index contributed by atoms with van der Waals surface area (Å²) in [6, 6.07) is 7.67. The zero-order valence-electron chi connectivity index (χ0n) is 10.3. The van der Waals surface area contributed by atoms with E-state index < -0.39 is 0 Å². The Morgan fingerprint density at radius 3 is 2.65 bits per heavy atom. The van der Waals surface area contributed by atoms with Gasteiger partial charge < -0.3 is 14.6 Å². The lowest BCUT2D eigenvalue weighted by Crippen LogP contribution is -2.25. The standard InChI is InChI=1S/C14H20O3/c1-2-10-16-13-7-3-4-8-14(13)17-12-9-5-6-11(12)15/h3-4,7-8,11-12,15H,2,5-6,9-10H2,1H3. The van der Waals surface area contributed by atoms with Crippen molar-refractivity contribution in [2.24, 2.45) is 0 Å². The van der Waals surface area contributed by atoms with Gasteiger partial charge in [0.1, 0.15) is 6.10 Å². The number of hydrogen-bond acceptors (Lipinski definition) is 3. The van der Waals surface area contributed by atoms with Gasteiger partial charge in [-0.1, -0.05) is 19.1 Å². The first-order chi connectivity index (χ1) is 8.31. The number of rotatable bonds is 5. The summed E-state index contributed by atoms with van der Waals surface area (Å²) in [4.78, 5) is 0. The van der Waals surface area contributed by atoms with Crippen LogP contribution in [0.25, 0.3) is 0 Å². The van der Waals surface area contributed by atoms with Gasteiger partial charge in [0.25, 0.3) is 0 Å². The summed E-state index contributed by atoms with van der Waals surface area (Å²) in [5.41, 5.74) is 0. The Bertz CT molecular complexity index is 351. The number of aliphatic hydroxyl groups is 1. The van der Waals surface area contributed by atoms with Crippen LogP contribution in [0.1, 0.15) is 32.6 Å². The van der Waals surface area contributed by atoms with Crippen LogP contribution >= 0.6 is 0 Å². The van der Waals surface area contributed by atoms with Crippen LogP contribution in [-0.2, 0) is 0 Å². The number of ether oxygens (including phenoxy) is 2. The van der Waals surface area contributed by atoms with Crippen LogP contribution in [0.4, 0.5) is 0 Å². The first kappa shape index (κ1) is 12.2. The fourth-order valence-corrected chi connectivity index (χ4v) is 2.09. The van der Waals surface area contributed by atoms with E-state index in [1.54, 1.807) is 0 Å². The maximum atomic E-state index is 9.75. The molecule has 1 saturated carbocycles. The van der Waals surface area contributed by atoms with E-state index in [2.05, 4.69) is 6.92 Å². The van der Waals surface area contributed by atoms with E-state index in [4.69, 9.17) is 9.47 Å². The summed E-state index contributed by atoms with van der Waals surface area (Å²) in [6.45, 7) is 2.76. The van der Waals surface area contributed by atoms with Crippen LogP contribution < -0.4 is 9.47 Å². The lowest BCUT2D eigenvalue weighted by Gasteiger charge is -2.19. The molecule has 2 atom stereocenters. The van der Waals surface area contributed by atoms with E-state index in [1.165, 1.54) is 0 Å². The lowest BCUT2D eigenvalue weighted by atomic mass is 10.2. The van der Waals surface area contributed by atoms with Gasteiger partial charge in [0.05, 0.1) is 12.7 Å². The minimum absolute atomic E-state index is 0.0821. The molecule has 1 aromatic carbocycles. The smallest absolute Gasteiger partial charge is 0.161 e. The zero-order chi connectivity index (χ0) is 12.1. The molecule has 0 aromatic heterocycles. The Morgan fingerprint density at radius 1 is 1.24 bits per heavy atom. The van der Waals surface area contributed by atoms with E-state index in [-0.39, 0.29) is 12.2 Å². The molecule has 0 heterocycles. The highest BCUT2D eigenvalue weighted by molar-refractivity contribution is 5.39. The second-order valence-electron chi connectivity index (χ2n) is 4.45. The summed E-state index contributed by atoms with van der Waals surface area (Å²) < 4.78 is 11.5. The van der Waals surface area contributed by atoms with Crippen molar-refractivity contribution < 1.29 is 14.6 Å².